The number of nitrogens with zero attached hydrogens (tertiary/aromatic N) is 1. The monoisotopic (exact) mass is 597 g/mol. The minimum absolute atomic E-state index is 0.0674. The van der Waals surface area contributed by atoms with Crippen molar-refractivity contribution >= 4 is 28.9 Å². The lowest BCUT2D eigenvalue weighted by atomic mass is 9.89. The minimum atomic E-state index is -1.41. The number of rotatable bonds is 5. The molecule has 0 spiro atoms. The zero-order valence-electron chi connectivity index (χ0n) is 26.6. The number of benzene rings is 2. The third-order valence-corrected chi connectivity index (χ3v) is 7.61. The molecule has 9 nitrogen and oxygen atoms in total. The maximum absolute atomic E-state index is 13.7. The van der Waals surface area contributed by atoms with Gasteiger partial charge in [0.1, 0.15) is 17.3 Å². The van der Waals surface area contributed by atoms with Gasteiger partial charge in [0.2, 0.25) is 0 Å². The van der Waals surface area contributed by atoms with Crippen LogP contribution in [-0.2, 0) is 34.9 Å². The van der Waals surface area contributed by atoms with E-state index in [4.69, 9.17) is 23.7 Å². The lowest BCUT2D eigenvalue weighted by molar-refractivity contribution is -0.167. The molecule has 236 valence electrons. The summed E-state index contributed by atoms with van der Waals surface area (Å²) < 4.78 is 29.9. The molecule has 0 unspecified atom stereocenters. The van der Waals surface area contributed by atoms with E-state index >= 15 is 0 Å². The first-order chi connectivity index (χ1) is 20.2. The fraction of sp³-hybridized carbons (Fsp3) is 0.618. The van der Waals surface area contributed by atoms with Gasteiger partial charge in [-0.3, -0.25) is 0 Å². The molecule has 4 rings (SSSR count). The number of amides is 2. The van der Waals surface area contributed by atoms with E-state index in [9.17, 15) is 14.4 Å². The molecule has 1 aliphatic heterocycles. The van der Waals surface area contributed by atoms with Crippen LogP contribution < -0.4 is 0 Å². The Labute approximate surface area is 255 Å². The molecule has 2 aromatic carbocycles. The van der Waals surface area contributed by atoms with Gasteiger partial charge in [-0.25, -0.2) is 14.4 Å². The number of carbonyl (C=O) groups excluding carboxylic acids is 3. The summed E-state index contributed by atoms with van der Waals surface area (Å²) in [5.74, 6) is -0.945. The number of cyclic esters (lactones) is 1. The van der Waals surface area contributed by atoms with E-state index in [-0.39, 0.29) is 25.2 Å². The SMILES string of the molecule is C[C@@H]1OC(=O)[C@@H](N(C(=O)OC(C)(C)C)C(=O)OC(C)(C)C)COC[C@H](Cc2cccc3ccccc23)[C@H]1OC1CCCC1. The number of carbonyl (C=O) groups is 3. The molecule has 0 radical (unpaired) electrons. The summed E-state index contributed by atoms with van der Waals surface area (Å²) in [4.78, 5) is 41.1. The second-order valence-electron chi connectivity index (χ2n) is 13.6. The van der Waals surface area contributed by atoms with Crippen LogP contribution in [-0.4, -0.2) is 71.8 Å². The zero-order valence-corrected chi connectivity index (χ0v) is 26.6. The van der Waals surface area contributed by atoms with Crippen molar-refractivity contribution in [2.45, 2.75) is 116 Å². The smallest absolute Gasteiger partial charge is 0.420 e. The van der Waals surface area contributed by atoms with Crippen molar-refractivity contribution in [2.24, 2.45) is 5.92 Å². The van der Waals surface area contributed by atoms with E-state index in [2.05, 4.69) is 24.3 Å². The van der Waals surface area contributed by atoms with Crippen LogP contribution in [0.3, 0.4) is 0 Å². The molecule has 0 bridgehead atoms. The zero-order chi connectivity index (χ0) is 31.4. The Morgan fingerprint density at radius 1 is 0.884 bits per heavy atom. The van der Waals surface area contributed by atoms with Gasteiger partial charge in [-0.15, -0.1) is 0 Å². The number of ether oxygens (including phenoxy) is 5. The first-order valence-electron chi connectivity index (χ1n) is 15.4. The van der Waals surface area contributed by atoms with Crippen molar-refractivity contribution in [3.8, 4) is 0 Å². The van der Waals surface area contributed by atoms with Crippen LogP contribution in [0.1, 0.15) is 79.7 Å². The van der Waals surface area contributed by atoms with Crippen molar-refractivity contribution in [3.05, 3.63) is 48.0 Å². The van der Waals surface area contributed by atoms with Crippen LogP contribution in [0.5, 0.6) is 0 Å². The average Bonchev–Trinajstić information content (AvgIpc) is 3.42. The Hall–Kier alpha value is -3.17. The molecule has 4 atom stereocenters. The maximum Gasteiger partial charge on any atom is 0.420 e. The highest BCUT2D eigenvalue weighted by molar-refractivity contribution is 5.94. The van der Waals surface area contributed by atoms with Gasteiger partial charge < -0.3 is 23.7 Å². The summed E-state index contributed by atoms with van der Waals surface area (Å²) in [5.41, 5.74) is -0.694. The molecular weight excluding hydrogens is 550 g/mol. The van der Waals surface area contributed by atoms with Gasteiger partial charge in [0.25, 0.3) is 0 Å². The standard InChI is InChI=1S/C34H47NO8/c1-22-29(41-26-16-9-10-17-26)25(19-24-15-12-14-23-13-8-11-18-27(23)24)20-39-21-28(30(36)40-22)35(31(37)42-33(2,3)4)32(38)43-34(5,6)7/h8,11-15,18,22,25-26,28-29H,9-10,16-17,19-21H2,1-7H3/t22-,25-,28-,29-/m0/s1. The third-order valence-electron chi connectivity index (χ3n) is 7.61. The Balaban J connectivity index is 1.66. The van der Waals surface area contributed by atoms with Crippen LogP contribution in [0.2, 0.25) is 0 Å². The van der Waals surface area contributed by atoms with Crippen molar-refractivity contribution in [3.63, 3.8) is 0 Å². The second-order valence-corrected chi connectivity index (χ2v) is 13.6. The summed E-state index contributed by atoms with van der Waals surface area (Å²) >= 11 is 0. The highest BCUT2D eigenvalue weighted by Crippen LogP contribution is 2.31. The molecule has 0 N–H and O–H groups in total. The fourth-order valence-electron chi connectivity index (χ4n) is 5.73. The van der Waals surface area contributed by atoms with Crippen molar-refractivity contribution in [2.75, 3.05) is 13.2 Å². The largest absolute Gasteiger partial charge is 0.458 e. The third kappa shape index (κ3) is 8.92. The van der Waals surface area contributed by atoms with E-state index in [0.29, 0.717) is 11.3 Å². The molecule has 9 heteroatoms. The number of fused-ring (bicyclic) bond motifs is 1. The van der Waals surface area contributed by atoms with Crippen molar-refractivity contribution < 1.29 is 38.1 Å². The fourth-order valence-corrected chi connectivity index (χ4v) is 5.73. The lowest BCUT2D eigenvalue weighted by Crippen LogP contribution is -2.54. The summed E-state index contributed by atoms with van der Waals surface area (Å²) in [6.07, 6.45) is 1.65. The molecule has 1 saturated heterocycles. The van der Waals surface area contributed by atoms with Gasteiger partial charge in [-0.05, 0) is 84.1 Å². The predicted octanol–water partition coefficient (Wildman–Crippen LogP) is 6.83. The molecule has 1 aliphatic carbocycles. The highest BCUT2D eigenvalue weighted by Gasteiger charge is 2.44. The number of esters is 1. The molecule has 1 saturated carbocycles. The van der Waals surface area contributed by atoms with Crippen molar-refractivity contribution in [1.82, 2.24) is 4.90 Å². The molecular formula is C34H47NO8. The number of hydrogen-bond donors (Lipinski definition) is 0. The molecule has 1 heterocycles. The Bertz CT molecular complexity index is 1240. The molecule has 2 aromatic rings. The summed E-state index contributed by atoms with van der Waals surface area (Å²) in [6, 6.07) is 13.1. The number of imide groups is 1. The summed E-state index contributed by atoms with van der Waals surface area (Å²) in [6.45, 7) is 11.9. The lowest BCUT2D eigenvalue weighted by Gasteiger charge is -2.34. The first kappa shape index (κ1) is 32.7. The Kier molecular flexibility index (Phi) is 10.4. The maximum atomic E-state index is 13.7. The second kappa shape index (κ2) is 13.6. The topological polar surface area (TPSA) is 101 Å². The van der Waals surface area contributed by atoms with Crippen LogP contribution >= 0.6 is 0 Å². The average molecular weight is 598 g/mol. The minimum Gasteiger partial charge on any atom is -0.458 e. The summed E-state index contributed by atoms with van der Waals surface area (Å²) in [7, 11) is 0. The predicted molar refractivity (Wildman–Crippen MR) is 163 cm³/mol. The van der Waals surface area contributed by atoms with E-state index < -0.39 is 47.6 Å². The molecule has 43 heavy (non-hydrogen) atoms. The van der Waals surface area contributed by atoms with Crippen LogP contribution in [0.25, 0.3) is 10.8 Å². The van der Waals surface area contributed by atoms with E-state index in [1.165, 1.54) is 0 Å². The normalized spacial score (nSPS) is 24.0. The number of hydrogen-bond acceptors (Lipinski definition) is 8. The molecule has 2 amide bonds. The van der Waals surface area contributed by atoms with Crippen LogP contribution in [0.4, 0.5) is 9.59 Å². The van der Waals surface area contributed by atoms with Crippen molar-refractivity contribution in [1.29, 1.82) is 0 Å². The van der Waals surface area contributed by atoms with Gasteiger partial charge >= 0.3 is 18.2 Å². The highest BCUT2D eigenvalue weighted by atomic mass is 16.6. The van der Waals surface area contributed by atoms with Crippen LogP contribution in [0.15, 0.2) is 42.5 Å². The van der Waals surface area contributed by atoms with Gasteiger partial charge in [0.05, 0.1) is 25.4 Å². The van der Waals surface area contributed by atoms with Gasteiger partial charge in [0, 0.05) is 5.92 Å². The van der Waals surface area contributed by atoms with Gasteiger partial charge in [-0.2, -0.15) is 4.90 Å². The van der Waals surface area contributed by atoms with Gasteiger partial charge in [0.15, 0.2) is 6.04 Å². The first-order valence-corrected chi connectivity index (χ1v) is 15.4. The van der Waals surface area contributed by atoms with E-state index in [0.717, 1.165) is 42.0 Å². The van der Waals surface area contributed by atoms with E-state index in [1.807, 2.05) is 18.2 Å². The summed E-state index contributed by atoms with van der Waals surface area (Å²) in [5, 5.41) is 2.29. The molecule has 0 aromatic heterocycles. The molecule has 2 fully saturated rings. The Morgan fingerprint density at radius 3 is 2.12 bits per heavy atom. The quantitative estimate of drug-likeness (QED) is 0.273. The Morgan fingerprint density at radius 2 is 1.49 bits per heavy atom. The van der Waals surface area contributed by atoms with E-state index in [1.54, 1.807) is 48.5 Å². The molecule has 2 aliphatic rings. The van der Waals surface area contributed by atoms with Gasteiger partial charge in [-0.1, -0.05) is 55.3 Å². The van der Waals surface area contributed by atoms with Crippen LogP contribution in [0, 0.1) is 5.92 Å².